The lowest BCUT2D eigenvalue weighted by molar-refractivity contribution is 0.0462. The van der Waals surface area contributed by atoms with Gasteiger partial charge in [0, 0.05) is 18.1 Å². The number of rotatable bonds is 2. The molecule has 2 aliphatic heterocycles. The molecule has 2 saturated heterocycles. The van der Waals surface area contributed by atoms with Crippen molar-refractivity contribution in [2.45, 2.75) is 50.2 Å². The number of aromatic nitrogens is 2. The highest BCUT2D eigenvalue weighted by atomic mass is 16.1. The summed E-state index contributed by atoms with van der Waals surface area (Å²) in [6.45, 7) is 0. The second-order valence-electron chi connectivity index (χ2n) is 5.87. The Bertz CT molecular complexity index is 475. The summed E-state index contributed by atoms with van der Waals surface area (Å²) in [6, 6.07) is 1.45. The van der Waals surface area contributed by atoms with Crippen molar-refractivity contribution in [1.82, 2.24) is 20.2 Å². The van der Waals surface area contributed by atoms with Gasteiger partial charge in [0.2, 0.25) is 0 Å². The van der Waals surface area contributed by atoms with Gasteiger partial charge < -0.3 is 16.0 Å². The summed E-state index contributed by atoms with van der Waals surface area (Å²) in [5, 5.41) is 3.09. The van der Waals surface area contributed by atoms with Crippen LogP contribution in [0, 0.1) is 0 Å². The van der Waals surface area contributed by atoms with Gasteiger partial charge in [-0.2, -0.15) is 0 Å². The first-order valence-electron chi connectivity index (χ1n) is 7.24. The van der Waals surface area contributed by atoms with Gasteiger partial charge >= 0.3 is 0 Å². The quantitative estimate of drug-likeness (QED) is 0.834. The molecule has 2 unspecified atom stereocenters. The zero-order valence-corrected chi connectivity index (χ0v) is 11.7. The molecule has 1 amide bonds. The fourth-order valence-corrected chi connectivity index (χ4v) is 3.45. The van der Waals surface area contributed by atoms with Crippen LogP contribution in [0.4, 0.5) is 5.82 Å². The monoisotopic (exact) mass is 275 g/mol. The van der Waals surface area contributed by atoms with Crippen molar-refractivity contribution >= 4 is 11.7 Å². The molecular weight excluding hydrogens is 254 g/mol. The van der Waals surface area contributed by atoms with Gasteiger partial charge in [-0.1, -0.05) is 6.42 Å². The first kappa shape index (κ1) is 13.3. The van der Waals surface area contributed by atoms with Crippen LogP contribution in [0.15, 0.2) is 12.4 Å². The highest BCUT2D eigenvalue weighted by Crippen LogP contribution is 2.32. The molecule has 0 aliphatic carbocycles. The van der Waals surface area contributed by atoms with Crippen LogP contribution < -0.4 is 11.1 Å². The molecule has 0 radical (unpaired) electrons. The molecule has 1 aromatic rings. The fourth-order valence-electron chi connectivity index (χ4n) is 3.45. The van der Waals surface area contributed by atoms with Crippen molar-refractivity contribution in [2.75, 3.05) is 12.8 Å². The highest BCUT2D eigenvalue weighted by molar-refractivity contribution is 5.92. The molecule has 20 heavy (non-hydrogen) atoms. The molecule has 3 N–H and O–H groups in total. The number of hydrogen-bond acceptors (Lipinski definition) is 5. The van der Waals surface area contributed by atoms with Crippen molar-refractivity contribution in [3.8, 4) is 0 Å². The van der Waals surface area contributed by atoms with Gasteiger partial charge in [-0.05, 0) is 32.7 Å². The Balaban J connectivity index is 1.63. The van der Waals surface area contributed by atoms with Gasteiger partial charge in [0.1, 0.15) is 11.5 Å². The average molecular weight is 275 g/mol. The first-order valence-corrected chi connectivity index (χ1v) is 7.24. The summed E-state index contributed by atoms with van der Waals surface area (Å²) in [5.41, 5.74) is 5.81. The Morgan fingerprint density at radius 1 is 1.30 bits per heavy atom. The molecule has 108 valence electrons. The van der Waals surface area contributed by atoms with Gasteiger partial charge in [0.15, 0.2) is 0 Å². The predicted octanol–water partition coefficient (Wildman–Crippen LogP) is 0.804. The van der Waals surface area contributed by atoms with Crippen molar-refractivity contribution in [1.29, 1.82) is 0 Å². The number of anilines is 1. The van der Waals surface area contributed by atoms with Crippen LogP contribution in [-0.2, 0) is 0 Å². The number of carbonyl (C=O) groups excluding carboxylic acids is 1. The van der Waals surface area contributed by atoms with Crippen LogP contribution in [0.25, 0.3) is 0 Å². The minimum absolute atomic E-state index is 0.148. The van der Waals surface area contributed by atoms with E-state index in [-0.39, 0.29) is 11.9 Å². The van der Waals surface area contributed by atoms with Gasteiger partial charge in [-0.25, -0.2) is 9.97 Å². The summed E-state index contributed by atoms with van der Waals surface area (Å²) in [7, 11) is 2.21. The smallest absolute Gasteiger partial charge is 0.271 e. The molecule has 2 aliphatic rings. The van der Waals surface area contributed by atoms with E-state index in [0.717, 1.165) is 12.8 Å². The molecule has 1 aromatic heterocycles. The molecule has 3 rings (SSSR count). The summed E-state index contributed by atoms with van der Waals surface area (Å²) < 4.78 is 0. The highest BCUT2D eigenvalue weighted by Gasteiger charge is 2.36. The van der Waals surface area contributed by atoms with Crippen LogP contribution in [0.1, 0.15) is 42.6 Å². The Hall–Kier alpha value is -1.69. The number of nitrogens with two attached hydrogens (primary N) is 1. The third-order valence-electron chi connectivity index (χ3n) is 4.58. The Morgan fingerprint density at radius 2 is 2.00 bits per heavy atom. The molecule has 3 heterocycles. The molecule has 2 fully saturated rings. The molecule has 0 spiro atoms. The summed E-state index contributed by atoms with van der Waals surface area (Å²) >= 11 is 0. The van der Waals surface area contributed by atoms with E-state index >= 15 is 0 Å². The van der Waals surface area contributed by atoms with E-state index < -0.39 is 0 Å². The van der Waals surface area contributed by atoms with E-state index in [0.29, 0.717) is 23.6 Å². The number of piperidine rings is 2. The number of nitrogens with zero attached hydrogens (tertiary/aromatic N) is 3. The van der Waals surface area contributed by atoms with E-state index in [9.17, 15) is 4.79 Å². The van der Waals surface area contributed by atoms with Gasteiger partial charge in [0.25, 0.3) is 5.91 Å². The standard InChI is InChI=1S/C14H21N5O/c1-19-10-3-2-4-11(19)6-9(5-10)18-14(20)12-7-17-13(15)8-16-12/h7-11H,2-6H2,1H3,(H2,15,17)(H,18,20). The number of nitrogen functional groups attached to an aromatic ring is 1. The molecular formula is C14H21N5O. The molecule has 2 bridgehead atoms. The van der Waals surface area contributed by atoms with Crippen molar-refractivity contribution in [3.63, 3.8) is 0 Å². The Kier molecular flexibility index (Phi) is 3.56. The summed E-state index contributed by atoms with van der Waals surface area (Å²) in [5.74, 6) is 0.181. The third kappa shape index (κ3) is 2.60. The molecule has 6 heteroatoms. The SMILES string of the molecule is CN1C2CCCC1CC(NC(=O)c1cnc(N)cn1)C2. The molecule has 2 atom stereocenters. The van der Waals surface area contributed by atoms with E-state index in [1.54, 1.807) is 0 Å². The zero-order valence-electron chi connectivity index (χ0n) is 11.7. The number of carbonyl (C=O) groups is 1. The predicted molar refractivity (Wildman–Crippen MR) is 76.1 cm³/mol. The molecule has 0 saturated carbocycles. The fraction of sp³-hybridized carbons (Fsp3) is 0.643. The maximum atomic E-state index is 12.2. The second kappa shape index (κ2) is 5.36. The number of fused-ring (bicyclic) bond motifs is 2. The largest absolute Gasteiger partial charge is 0.382 e. The van der Waals surface area contributed by atoms with Crippen LogP contribution in [0.2, 0.25) is 0 Å². The zero-order chi connectivity index (χ0) is 14.1. The van der Waals surface area contributed by atoms with Crippen LogP contribution in [0.5, 0.6) is 0 Å². The lowest BCUT2D eigenvalue weighted by atomic mass is 9.82. The van der Waals surface area contributed by atoms with Crippen molar-refractivity contribution < 1.29 is 4.79 Å². The summed E-state index contributed by atoms with van der Waals surface area (Å²) in [4.78, 5) is 22.6. The maximum Gasteiger partial charge on any atom is 0.271 e. The number of nitrogens with one attached hydrogen (secondary N) is 1. The van der Waals surface area contributed by atoms with E-state index in [1.165, 1.54) is 31.7 Å². The summed E-state index contributed by atoms with van der Waals surface area (Å²) in [6.07, 6.45) is 8.69. The van der Waals surface area contributed by atoms with Gasteiger partial charge in [-0.15, -0.1) is 0 Å². The van der Waals surface area contributed by atoms with Gasteiger partial charge in [-0.3, -0.25) is 4.79 Å². The van der Waals surface area contributed by atoms with Crippen molar-refractivity contribution in [3.05, 3.63) is 18.1 Å². The van der Waals surface area contributed by atoms with Crippen LogP contribution >= 0.6 is 0 Å². The Morgan fingerprint density at radius 3 is 2.60 bits per heavy atom. The number of hydrogen-bond donors (Lipinski definition) is 2. The maximum absolute atomic E-state index is 12.2. The molecule has 6 nitrogen and oxygen atoms in total. The number of amides is 1. The lowest BCUT2D eigenvalue weighted by Gasteiger charge is -2.47. The average Bonchev–Trinajstić information content (AvgIpc) is 2.40. The molecule has 0 aromatic carbocycles. The minimum atomic E-state index is -0.148. The first-order chi connectivity index (χ1) is 9.63. The lowest BCUT2D eigenvalue weighted by Crippen LogP contribution is -2.55. The Labute approximate surface area is 118 Å². The van der Waals surface area contributed by atoms with E-state index in [4.69, 9.17) is 5.73 Å². The van der Waals surface area contributed by atoms with E-state index in [2.05, 4.69) is 27.2 Å². The second-order valence-corrected chi connectivity index (χ2v) is 5.87. The van der Waals surface area contributed by atoms with Crippen LogP contribution in [-0.4, -0.2) is 45.9 Å². The van der Waals surface area contributed by atoms with Crippen LogP contribution in [0.3, 0.4) is 0 Å². The third-order valence-corrected chi connectivity index (χ3v) is 4.58. The van der Waals surface area contributed by atoms with E-state index in [1.807, 2.05) is 0 Å². The minimum Gasteiger partial charge on any atom is -0.382 e. The topological polar surface area (TPSA) is 84.1 Å². The van der Waals surface area contributed by atoms with Gasteiger partial charge in [0.05, 0.1) is 12.4 Å². The van der Waals surface area contributed by atoms with Crippen molar-refractivity contribution in [2.24, 2.45) is 0 Å². The normalized spacial score (nSPS) is 29.9.